The zero-order chi connectivity index (χ0) is 37.1. The van der Waals surface area contributed by atoms with Crippen LogP contribution in [0.15, 0.2) is 140 Å². The number of anilines is 3. The van der Waals surface area contributed by atoms with Crippen molar-refractivity contribution in [3.8, 4) is 33.4 Å². The van der Waals surface area contributed by atoms with Crippen LogP contribution in [0, 0.1) is 23.7 Å². The summed E-state index contributed by atoms with van der Waals surface area (Å²) >= 11 is 0. The lowest BCUT2D eigenvalue weighted by Crippen LogP contribution is -2.55. The Balaban J connectivity index is 1.13. The Morgan fingerprint density at radius 1 is 0.418 bits per heavy atom. The molecule has 6 aliphatic carbocycles. The van der Waals surface area contributed by atoms with Crippen LogP contribution in [-0.4, -0.2) is 0 Å². The van der Waals surface area contributed by atoms with Crippen LogP contribution in [0.5, 0.6) is 0 Å². The SMILES string of the molecule is CC1(C)CCC(C)(C)c2cc(N(c3ccc(-c4ccccc4)cc3)c3ccc4c(c3)C3(c5cccc(-c6ccccc6)c5-4)C4CC5CC(C4)CC3C5)ccc21. The molecule has 0 atom stereocenters. The van der Waals surface area contributed by atoms with Crippen molar-refractivity contribution in [2.45, 2.75) is 88.9 Å². The number of rotatable bonds is 5. The van der Waals surface area contributed by atoms with Crippen molar-refractivity contribution >= 4 is 17.1 Å². The van der Waals surface area contributed by atoms with Gasteiger partial charge in [-0.2, -0.15) is 0 Å². The van der Waals surface area contributed by atoms with Gasteiger partial charge in [0.1, 0.15) is 0 Å². The Labute approximate surface area is 328 Å². The third-order valence-electron chi connectivity index (χ3n) is 15.3. The van der Waals surface area contributed by atoms with Gasteiger partial charge in [0, 0.05) is 22.5 Å². The third-order valence-corrected chi connectivity index (χ3v) is 15.3. The molecule has 1 spiro atoms. The topological polar surface area (TPSA) is 3.24 Å². The molecular weight excluding hydrogens is 663 g/mol. The fourth-order valence-electron chi connectivity index (χ4n) is 12.8. The summed E-state index contributed by atoms with van der Waals surface area (Å²) in [7, 11) is 0. The summed E-state index contributed by atoms with van der Waals surface area (Å²) in [6, 6.07) is 53.7. The van der Waals surface area contributed by atoms with Crippen molar-refractivity contribution < 1.29 is 0 Å². The van der Waals surface area contributed by atoms with Crippen molar-refractivity contribution in [2.24, 2.45) is 23.7 Å². The number of nitrogens with zero attached hydrogens (tertiary/aromatic N) is 1. The molecular formula is C54H53N. The molecule has 0 amide bonds. The number of benzene rings is 6. The maximum Gasteiger partial charge on any atom is 0.0465 e. The first kappa shape index (κ1) is 33.5. The predicted molar refractivity (Wildman–Crippen MR) is 231 cm³/mol. The molecule has 12 rings (SSSR count). The van der Waals surface area contributed by atoms with Gasteiger partial charge in [-0.15, -0.1) is 0 Å². The van der Waals surface area contributed by atoms with E-state index in [0.717, 1.165) is 11.8 Å². The molecule has 55 heavy (non-hydrogen) atoms. The maximum absolute atomic E-state index is 2.67. The smallest absolute Gasteiger partial charge is 0.0465 e. The standard InChI is InChI=1S/C54H53N/c1-52(2)26-27-53(3,4)50-34-44(23-25-47(50)52)55(42-20-18-38(19-21-42)37-12-7-5-8-13-37)43-22-24-46-49(33-43)54(40-29-35-28-36(31-40)32-41(54)30-35)48-17-11-16-45(51(46)48)39-14-9-6-10-15-39/h5-25,33-36,40-41H,26-32H2,1-4H3. The van der Waals surface area contributed by atoms with Crippen LogP contribution in [0.4, 0.5) is 17.1 Å². The minimum Gasteiger partial charge on any atom is -0.310 e. The minimum atomic E-state index is 0.0730. The fraction of sp³-hybridized carbons (Fsp3) is 0.333. The van der Waals surface area contributed by atoms with Gasteiger partial charge in [-0.05, 0) is 171 Å². The predicted octanol–water partition coefficient (Wildman–Crippen LogP) is 14.6. The van der Waals surface area contributed by atoms with Crippen molar-refractivity contribution in [1.29, 1.82) is 0 Å². The first-order valence-corrected chi connectivity index (χ1v) is 21.2. The summed E-state index contributed by atoms with van der Waals surface area (Å²) in [6.45, 7) is 9.79. The summed E-state index contributed by atoms with van der Waals surface area (Å²) in [5.74, 6) is 3.22. The first-order chi connectivity index (χ1) is 26.7. The quantitative estimate of drug-likeness (QED) is 0.172. The van der Waals surface area contributed by atoms with E-state index in [9.17, 15) is 0 Å². The summed E-state index contributed by atoms with van der Waals surface area (Å²) < 4.78 is 0. The first-order valence-electron chi connectivity index (χ1n) is 21.2. The molecule has 6 aromatic rings. The summed E-state index contributed by atoms with van der Waals surface area (Å²) in [4.78, 5) is 2.58. The molecule has 0 radical (unpaired) electrons. The monoisotopic (exact) mass is 715 g/mol. The molecule has 6 aliphatic rings. The van der Waals surface area contributed by atoms with Crippen molar-refractivity contribution in [2.75, 3.05) is 4.90 Å². The van der Waals surface area contributed by atoms with E-state index in [1.807, 2.05) is 0 Å². The van der Waals surface area contributed by atoms with Gasteiger partial charge in [0.05, 0.1) is 0 Å². The largest absolute Gasteiger partial charge is 0.310 e. The molecule has 0 unspecified atom stereocenters. The summed E-state index contributed by atoms with van der Waals surface area (Å²) in [6.07, 6.45) is 9.41. The van der Waals surface area contributed by atoms with Gasteiger partial charge in [-0.1, -0.05) is 131 Å². The lowest BCUT2D eigenvalue weighted by atomic mass is 9.43. The highest BCUT2D eigenvalue weighted by molar-refractivity contribution is 5.95. The molecule has 4 fully saturated rings. The van der Waals surface area contributed by atoms with E-state index >= 15 is 0 Å². The second kappa shape index (κ2) is 12.1. The molecule has 0 saturated heterocycles. The third kappa shape index (κ3) is 4.97. The Bertz CT molecular complexity index is 2400. The van der Waals surface area contributed by atoms with Gasteiger partial charge in [0.15, 0.2) is 0 Å². The number of hydrogen-bond donors (Lipinski definition) is 0. The van der Waals surface area contributed by atoms with Crippen LogP contribution in [0.1, 0.15) is 94.9 Å². The van der Waals surface area contributed by atoms with Crippen LogP contribution in [0.2, 0.25) is 0 Å². The zero-order valence-corrected chi connectivity index (χ0v) is 33.0. The van der Waals surface area contributed by atoms with E-state index in [-0.39, 0.29) is 16.2 Å². The normalized spacial score (nSPS) is 26.0. The van der Waals surface area contributed by atoms with Gasteiger partial charge in [0.25, 0.3) is 0 Å². The highest BCUT2D eigenvalue weighted by atomic mass is 15.1. The molecule has 0 aromatic heterocycles. The molecule has 0 heterocycles. The van der Waals surface area contributed by atoms with E-state index < -0.39 is 0 Å². The molecule has 6 aromatic carbocycles. The van der Waals surface area contributed by atoms with Crippen LogP contribution in [-0.2, 0) is 16.2 Å². The molecule has 4 bridgehead atoms. The van der Waals surface area contributed by atoms with Crippen LogP contribution in [0.25, 0.3) is 33.4 Å². The highest BCUT2D eigenvalue weighted by Crippen LogP contribution is 2.70. The lowest BCUT2D eigenvalue weighted by Gasteiger charge is -2.61. The summed E-state index contributed by atoms with van der Waals surface area (Å²) in [5.41, 5.74) is 18.6. The zero-order valence-electron chi connectivity index (χ0n) is 33.0. The molecule has 0 aliphatic heterocycles. The molecule has 0 N–H and O–H groups in total. The van der Waals surface area contributed by atoms with E-state index in [1.165, 1.54) is 107 Å². The van der Waals surface area contributed by atoms with Crippen LogP contribution < -0.4 is 4.90 Å². The number of fused-ring (bicyclic) bond motifs is 4. The van der Waals surface area contributed by atoms with Gasteiger partial charge >= 0.3 is 0 Å². The van der Waals surface area contributed by atoms with E-state index in [0.29, 0.717) is 11.8 Å². The van der Waals surface area contributed by atoms with E-state index in [4.69, 9.17) is 0 Å². The minimum absolute atomic E-state index is 0.0730. The van der Waals surface area contributed by atoms with Gasteiger partial charge in [-0.25, -0.2) is 0 Å². The maximum atomic E-state index is 2.67. The van der Waals surface area contributed by atoms with Crippen LogP contribution in [0.3, 0.4) is 0 Å². The van der Waals surface area contributed by atoms with Crippen molar-refractivity contribution in [3.05, 3.63) is 162 Å². The van der Waals surface area contributed by atoms with E-state index in [2.05, 4.69) is 172 Å². The molecule has 1 heteroatoms. The average Bonchev–Trinajstić information content (AvgIpc) is 3.50. The Morgan fingerprint density at radius 2 is 0.964 bits per heavy atom. The molecule has 4 saturated carbocycles. The van der Waals surface area contributed by atoms with Crippen LogP contribution >= 0.6 is 0 Å². The van der Waals surface area contributed by atoms with Gasteiger partial charge in [0.2, 0.25) is 0 Å². The van der Waals surface area contributed by atoms with Crippen molar-refractivity contribution in [1.82, 2.24) is 0 Å². The Hall–Kier alpha value is -4.88. The fourth-order valence-corrected chi connectivity index (χ4v) is 12.8. The average molecular weight is 716 g/mol. The Kier molecular flexibility index (Phi) is 7.34. The second-order valence-corrected chi connectivity index (χ2v) is 19.2. The van der Waals surface area contributed by atoms with Crippen molar-refractivity contribution in [3.63, 3.8) is 0 Å². The van der Waals surface area contributed by atoms with Gasteiger partial charge < -0.3 is 4.90 Å². The summed E-state index contributed by atoms with van der Waals surface area (Å²) in [5, 5.41) is 0. The highest BCUT2D eigenvalue weighted by Gasteiger charge is 2.62. The van der Waals surface area contributed by atoms with Gasteiger partial charge in [-0.3, -0.25) is 0 Å². The Morgan fingerprint density at radius 3 is 1.62 bits per heavy atom. The molecule has 274 valence electrons. The second-order valence-electron chi connectivity index (χ2n) is 19.2. The van der Waals surface area contributed by atoms with E-state index in [1.54, 1.807) is 11.1 Å². The number of hydrogen-bond acceptors (Lipinski definition) is 1. The molecule has 1 nitrogen and oxygen atoms in total. The lowest BCUT2D eigenvalue weighted by molar-refractivity contribution is -0.0399.